The molecule has 0 bridgehead atoms. The van der Waals surface area contributed by atoms with Gasteiger partial charge in [0.25, 0.3) is 5.91 Å². The third-order valence-corrected chi connectivity index (χ3v) is 6.15. The Morgan fingerprint density at radius 1 is 1.40 bits per heavy atom. The highest BCUT2D eigenvalue weighted by Crippen LogP contribution is 2.29. The van der Waals surface area contributed by atoms with E-state index in [1.54, 1.807) is 29.5 Å². The largest absolute Gasteiger partial charge is 0.352 e. The number of benzene rings is 1. The lowest BCUT2D eigenvalue weighted by Crippen LogP contribution is -2.34. The minimum absolute atomic E-state index is 0.147. The number of amides is 1. The normalized spacial score (nSPS) is 14.2. The van der Waals surface area contributed by atoms with Crippen LogP contribution in [0, 0.1) is 6.92 Å². The molecule has 0 spiro atoms. The first kappa shape index (κ1) is 17.9. The second-order valence-electron chi connectivity index (χ2n) is 6.15. The topological polar surface area (TPSA) is 79.4 Å². The van der Waals surface area contributed by atoms with Crippen molar-refractivity contribution in [3.05, 3.63) is 45.4 Å². The van der Waals surface area contributed by atoms with Crippen molar-refractivity contribution in [1.82, 2.24) is 10.3 Å². The van der Waals surface area contributed by atoms with Crippen LogP contribution in [0.1, 0.15) is 33.0 Å². The third-order valence-electron chi connectivity index (χ3n) is 4.15. The van der Waals surface area contributed by atoms with Crippen molar-refractivity contribution in [2.75, 3.05) is 23.7 Å². The number of carbonyl (C=O) groups is 1. The number of aryl methyl sites for hydroxylation is 2. The number of nitrogens with zero attached hydrogens (tertiary/aromatic N) is 2. The molecule has 25 heavy (non-hydrogen) atoms. The van der Waals surface area contributed by atoms with E-state index in [0.29, 0.717) is 30.8 Å². The lowest BCUT2D eigenvalue weighted by Gasteiger charge is -2.29. The lowest BCUT2D eigenvalue weighted by molar-refractivity contribution is 0.0954. The van der Waals surface area contributed by atoms with E-state index in [1.807, 2.05) is 12.3 Å². The van der Waals surface area contributed by atoms with Gasteiger partial charge in [-0.1, -0.05) is 0 Å². The Labute approximate surface area is 151 Å². The number of thiazole rings is 1. The van der Waals surface area contributed by atoms with Gasteiger partial charge in [0.1, 0.15) is 0 Å². The quantitative estimate of drug-likeness (QED) is 0.863. The van der Waals surface area contributed by atoms with Gasteiger partial charge in [0, 0.05) is 30.5 Å². The highest BCUT2D eigenvalue weighted by atomic mass is 32.2. The maximum absolute atomic E-state index is 12.3. The summed E-state index contributed by atoms with van der Waals surface area (Å²) in [5.74, 6) is -0.147. The molecule has 2 aromatic rings. The van der Waals surface area contributed by atoms with Crippen molar-refractivity contribution in [2.45, 2.75) is 26.2 Å². The highest BCUT2D eigenvalue weighted by Gasteiger charge is 2.24. The molecule has 0 atom stereocenters. The molecule has 1 aliphatic heterocycles. The van der Waals surface area contributed by atoms with E-state index in [-0.39, 0.29) is 5.91 Å². The van der Waals surface area contributed by atoms with Crippen molar-refractivity contribution in [3.8, 4) is 0 Å². The van der Waals surface area contributed by atoms with E-state index in [1.165, 1.54) is 10.6 Å². The van der Waals surface area contributed by atoms with Crippen molar-refractivity contribution in [3.63, 3.8) is 0 Å². The molecule has 1 aromatic carbocycles. The first-order chi connectivity index (χ1) is 11.8. The molecule has 0 fully saturated rings. The van der Waals surface area contributed by atoms with Crippen LogP contribution < -0.4 is 9.62 Å². The number of sulfonamides is 1. The number of aromatic nitrogens is 1. The van der Waals surface area contributed by atoms with Crippen LogP contribution in [0.4, 0.5) is 5.69 Å². The molecule has 2 heterocycles. The summed E-state index contributed by atoms with van der Waals surface area (Å²) in [6.45, 7) is 2.97. The Morgan fingerprint density at radius 3 is 2.88 bits per heavy atom. The van der Waals surface area contributed by atoms with E-state index >= 15 is 0 Å². The predicted molar refractivity (Wildman–Crippen MR) is 99.8 cm³/mol. The van der Waals surface area contributed by atoms with Gasteiger partial charge in [-0.2, -0.15) is 0 Å². The zero-order chi connectivity index (χ0) is 18.0. The number of nitrogens with one attached hydrogen (secondary N) is 1. The second kappa shape index (κ2) is 7.13. The Balaban J connectivity index is 1.68. The van der Waals surface area contributed by atoms with Crippen LogP contribution in [0.15, 0.2) is 23.6 Å². The molecule has 8 heteroatoms. The molecule has 6 nitrogen and oxygen atoms in total. The van der Waals surface area contributed by atoms with Gasteiger partial charge in [0.15, 0.2) is 0 Å². The van der Waals surface area contributed by atoms with Crippen LogP contribution >= 0.6 is 11.3 Å². The Morgan fingerprint density at radius 2 is 2.20 bits per heavy atom. The monoisotopic (exact) mass is 379 g/mol. The lowest BCUT2D eigenvalue weighted by atomic mass is 10.0. The number of hydrogen-bond acceptors (Lipinski definition) is 5. The maximum Gasteiger partial charge on any atom is 0.251 e. The molecule has 3 rings (SSSR count). The van der Waals surface area contributed by atoms with Crippen LogP contribution in [0.2, 0.25) is 0 Å². The van der Waals surface area contributed by atoms with E-state index in [2.05, 4.69) is 10.3 Å². The molecule has 1 N–H and O–H groups in total. The number of rotatable bonds is 5. The first-order valence-corrected chi connectivity index (χ1v) is 10.9. The second-order valence-corrected chi connectivity index (χ2v) is 9.11. The minimum atomic E-state index is -3.29. The van der Waals surface area contributed by atoms with E-state index in [4.69, 9.17) is 0 Å². The molecule has 1 aliphatic rings. The smallest absolute Gasteiger partial charge is 0.251 e. The fourth-order valence-corrected chi connectivity index (χ4v) is 4.62. The Hall–Kier alpha value is -1.93. The number of fused-ring (bicyclic) bond motifs is 1. The Bertz CT molecular complexity index is 890. The van der Waals surface area contributed by atoms with Crippen molar-refractivity contribution >= 4 is 33.0 Å². The summed E-state index contributed by atoms with van der Waals surface area (Å²) in [6.07, 6.45) is 3.45. The van der Waals surface area contributed by atoms with Gasteiger partial charge in [0.05, 0.1) is 22.6 Å². The zero-order valence-electron chi connectivity index (χ0n) is 14.3. The predicted octanol–water partition coefficient (Wildman–Crippen LogP) is 2.14. The summed E-state index contributed by atoms with van der Waals surface area (Å²) in [5, 5.41) is 5.92. The Kier molecular flexibility index (Phi) is 5.10. The van der Waals surface area contributed by atoms with Crippen molar-refractivity contribution < 1.29 is 13.2 Å². The molecule has 0 saturated carbocycles. The van der Waals surface area contributed by atoms with Gasteiger partial charge in [-0.15, -0.1) is 11.3 Å². The summed E-state index contributed by atoms with van der Waals surface area (Å²) >= 11 is 1.60. The molecule has 1 amide bonds. The summed E-state index contributed by atoms with van der Waals surface area (Å²) in [5.41, 5.74) is 3.13. The summed E-state index contributed by atoms with van der Waals surface area (Å²) < 4.78 is 25.2. The minimum Gasteiger partial charge on any atom is -0.352 e. The highest BCUT2D eigenvalue weighted by molar-refractivity contribution is 7.92. The molecule has 0 unspecified atom stereocenters. The fourth-order valence-electron chi connectivity index (χ4n) is 2.98. The molecular weight excluding hydrogens is 358 g/mol. The van der Waals surface area contributed by atoms with Gasteiger partial charge in [-0.25, -0.2) is 13.4 Å². The molecule has 0 saturated heterocycles. The van der Waals surface area contributed by atoms with Gasteiger partial charge in [-0.05, 0) is 43.5 Å². The molecular formula is C17H21N3O3S2. The van der Waals surface area contributed by atoms with E-state index in [9.17, 15) is 13.2 Å². The molecule has 0 radical (unpaired) electrons. The number of anilines is 1. The molecule has 134 valence electrons. The SMILES string of the molecule is Cc1nc(CCNC(=O)c2ccc3c(c2)CCCN3S(C)(=O)=O)cs1. The summed E-state index contributed by atoms with van der Waals surface area (Å²) in [4.78, 5) is 16.7. The van der Waals surface area contributed by atoms with E-state index in [0.717, 1.165) is 29.1 Å². The van der Waals surface area contributed by atoms with Gasteiger partial charge in [-0.3, -0.25) is 9.10 Å². The van der Waals surface area contributed by atoms with Gasteiger partial charge < -0.3 is 5.32 Å². The average molecular weight is 380 g/mol. The van der Waals surface area contributed by atoms with Crippen molar-refractivity contribution in [1.29, 1.82) is 0 Å². The van der Waals surface area contributed by atoms with Crippen LogP contribution in [0.5, 0.6) is 0 Å². The summed E-state index contributed by atoms with van der Waals surface area (Å²) in [6, 6.07) is 5.22. The van der Waals surface area contributed by atoms with Gasteiger partial charge >= 0.3 is 0 Å². The van der Waals surface area contributed by atoms with Crippen LogP contribution in [-0.4, -0.2) is 38.7 Å². The molecule has 0 aliphatic carbocycles. The number of carbonyl (C=O) groups excluding carboxylic acids is 1. The van der Waals surface area contributed by atoms with Crippen LogP contribution in [-0.2, 0) is 22.9 Å². The van der Waals surface area contributed by atoms with E-state index < -0.39 is 10.0 Å². The van der Waals surface area contributed by atoms with Gasteiger partial charge in [0.2, 0.25) is 10.0 Å². The zero-order valence-corrected chi connectivity index (χ0v) is 15.9. The fraction of sp³-hybridized carbons (Fsp3) is 0.412. The first-order valence-electron chi connectivity index (χ1n) is 8.14. The van der Waals surface area contributed by atoms with Crippen LogP contribution in [0.3, 0.4) is 0 Å². The summed E-state index contributed by atoms with van der Waals surface area (Å²) in [7, 11) is -3.29. The maximum atomic E-state index is 12.3. The standard InChI is InChI=1S/C17H21N3O3S2/c1-12-19-15(11-24-12)7-8-18-17(21)14-5-6-16-13(10-14)4-3-9-20(16)25(2,22)23/h5-6,10-11H,3-4,7-9H2,1-2H3,(H,18,21). The molecule has 1 aromatic heterocycles. The third kappa shape index (κ3) is 4.19. The van der Waals surface area contributed by atoms with Crippen molar-refractivity contribution in [2.24, 2.45) is 0 Å². The average Bonchev–Trinajstić information content (AvgIpc) is 2.98. The van der Waals surface area contributed by atoms with Crippen LogP contribution in [0.25, 0.3) is 0 Å². The number of hydrogen-bond donors (Lipinski definition) is 1.